The predicted molar refractivity (Wildman–Crippen MR) is 101 cm³/mol. The molecule has 2 fully saturated rings. The van der Waals surface area contributed by atoms with Crippen molar-refractivity contribution in [3.05, 3.63) is 23.8 Å². The summed E-state index contributed by atoms with van der Waals surface area (Å²) in [5, 5.41) is 1.71. The number of anilines is 1. The number of benzene rings is 1. The summed E-state index contributed by atoms with van der Waals surface area (Å²) in [7, 11) is -1.93. The zero-order valence-electron chi connectivity index (χ0n) is 16.0. The molecule has 4 N–H and O–H groups in total. The van der Waals surface area contributed by atoms with Crippen molar-refractivity contribution in [2.45, 2.75) is 55.1 Å². The van der Waals surface area contributed by atoms with E-state index in [0.29, 0.717) is 38.2 Å². The lowest BCUT2D eigenvalue weighted by atomic mass is 10.0. The van der Waals surface area contributed by atoms with E-state index in [0.717, 1.165) is 5.56 Å². The Hall–Kier alpha value is -1.44. The molecule has 12 heteroatoms. The number of nitrogens with zero attached hydrogens (tertiary/aromatic N) is 2. The van der Waals surface area contributed by atoms with E-state index in [1.54, 1.807) is 24.2 Å². The van der Waals surface area contributed by atoms with Gasteiger partial charge in [0.05, 0.1) is 11.9 Å². The van der Waals surface area contributed by atoms with E-state index in [2.05, 4.69) is 21.0 Å². The van der Waals surface area contributed by atoms with Gasteiger partial charge in [0, 0.05) is 39.1 Å². The average Bonchev–Trinajstić information content (AvgIpc) is 3.29. The number of piperidine rings is 1. The maximum Gasteiger partial charge on any atom is 0.405 e. The smallest absolute Gasteiger partial charge is 0.309 e. The Bertz CT molecular complexity index is 857. The van der Waals surface area contributed by atoms with Crippen LogP contribution < -0.4 is 26.0 Å². The number of sulfonamides is 1. The molecule has 0 amide bonds. The number of rotatable bonds is 4. The summed E-state index contributed by atoms with van der Waals surface area (Å²) < 4.78 is 67.2. The van der Waals surface area contributed by atoms with Gasteiger partial charge >= 0.3 is 6.18 Å². The van der Waals surface area contributed by atoms with Crippen molar-refractivity contribution in [3.8, 4) is 0 Å². The van der Waals surface area contributed by atoms with E-state index in [9.17, 15) is 21.6 Å². The maximum atomic E-state index is 13.0. The van der Waals surface area contributed by atoms with Gasteiger partial charge < -0.3 is 5.01 Å². The zero-order chi connectivity index (χ0) is 20.8. The van der Waals surface area contributed by atoms with Crippen LogP contribution in [0.5, 0.6) is 0 Å². The van der Waals surface area contributed by atoms with Gasteiger partial charge in [0.15, 0.2) is 0 Å². The number of para-hydroxylation sites is 1. The highest BCUT2D eigenvalue weighted by atomic mass is 32.2. The molecule has 3 aliphatic rings. The quantitative estimate of drug-likeness (QED) is 0.553. The number of alkyl halides is 3. The first kappa shape index (κ1) is 20.8. The van der Waals surface area contributed by atoms with Crippen LogP contribution in [-0.2, 0) is 16.6 Å². The lowest BCUT2D eigenvalue weighted by Crippen LogP contribution is -2.51. The van der Waals surface area contributed by atoms with Gasteiger partial charge in [0.25, 0.3) is 0 Å². The van der Waals surface area contributed by atoms with E-state index in [1.165, 1.54) is 0 Å². The molecule has 2 atom stereocenters. The highest BCUT2D eigenvalue weighted by molar-refractivity contribution is 7.89. The molecule has 2 unspecified atom stereocenters. The summed E-state index contributed by atoms with van der Waals surface area (Å²) in [4.78, 5) is 2.17. The second-order valence-corrected chi connectivity index (χ2v) is 9.41. The molecule has 4 rings (SSSR count). The molecule has 0 aliphatic carbocycles. The van der Waals surface area contributed by atoms with E-state index in [-0.39, 0.29) is 17.4 Å². The Morgan fingerprint density at radius 2 is 1.90 bits per heavy atom. The highest BCUT2D eigenvalue weighted by Gasteiger charge is 2.46. The van der Waals surface area contributed by atoms with E-state index in [1.807, 2.05) is 11.0 Å². The molecule has 3 aliphatic heterocycles. The second kappa shape index (κ2) is 7.67. The molecular formula is C17H25F3N6O2S. The highest BCUT2D eigenvalue weighted by Crippen LogP contribution is 2.32. The number of nitrogens with one attached hydrogen (secondary N) is 4. The average molecular weight is 434 g/mol. The summed E-state index contributed by atoms with van der Waals surface area (Å²) in [6.45, 7) is 1.62. The number of fused-ring (bicyclic) bond motifs is 1. The Balaban J connectivity index is 1.36. The number of hydrogen-bond acceptors (Lipinski definition) is 7. The predicted octanol–water partition coefficient (Wildman–Crippen LogP) is 0.639. The monoisotopic (exact) mass is 434 g/mol. The molecule has 1 aromatic carbocycles. The fourth-order valence-electron chi connectivity index (χ4n) is 4.20. The molecule has 0 radical (unpaired) electrons. The normalized spacial score (nSPS) is 26.8. The number of likely N-dealkylation sites (tertiary alicyclic amines) is 1. The molecule has 2 saturated heterocycles. The van der Waals surface area contributed by atoms with Gasteiger partial charge in [-0.15, -0.1) is 0 Å². The topological polar surface area (TPSA) is 88.7 Å². The van der Waals surface area contributed by atoms with Gasteiger partial charge in [-0.25, -0.2) is 29.4 Å². The van der Waals surface area contributed by atoms with Crippen molar-refractivity contribution in [2.75, 3.05) is 25.1 Å². The first-order valence-electron chi connectivity index (χ1n) is 9.58. The molecule has 0 bridgehead atoms. The van der Waals surface area contributed by atoms with E-state index >= 15 is 0 Å². The molecule has 0 aromatic heterocycles. The van der Waals surface area contributed by atoms with Crippen molar-refractivity contribution in [3.63, 3.8) is 0 Å². The summed E-state index contributed by atoms with van der Waals surface area (Å²) in [5.74, 6) is 0. The minimum absolute atomic E-state index is 0.0601. The van der Waals surface area contributed by atoms with Crippen LogP contribution in [0.3, 0.4) is 0 Å². The van der Waals surface area contributed by atoms with Crippen LogP contribution in [0.4, 0.5) is 18.9 Å². The van der Waals surface area contributed by atoms with Gasteiger partial charge in [0.1, 0.15) is 10.9 Å². The Morgan fingerprint density at radius 1 is 1.17 bits per heavy atom. The second-order valence-electron chi connectivity index (χ2n) is 7.72. The zero-order valence-corrected chi connectivity index (χ0v) is 16.8. The third kappa shape index (κ3) is 4.23. The van der Waals surface area contributed by atoms with Crippen molar-refractivity contribution in [1.82, 2.24) is 25.9 Å². The SMILES string of the molecule is CN1NCc2cccc(S(=O)(=O)NC3CCN(C4CC(C(F)(F)F)NN4)CC3)c21. The number of halogens is 3. The van der Waals surface area contributed by atoms with Gasteiger partial charge in [-0.1, -0.05) is 12.1 Å². The summed E-state index contributed by atoms with van der Waals surface area (Å²) in [6, 6.07) is 3.40. The summed E-state index contributed by atoms with van der Waals surface area (Å²) in [6.07, 6.45) is -3.67. The van der Waals surface area contributed by atoms with Crippen LogP contribution in [0.1, 0.15) is 24.8 Å². The first-order valence-corrected chi connectivity index (χ1v) is 11.1. The molecule has 1 aromatic rings. The molecule has 8 nitrogen and oxygen atoms in total. The van der Waals surface area contributed by atoms with Gasteiger partial charge in [-0.2, -0.15) is 13.2 Å². The Morgan fingerprint density at radius 3 is 2.55 bits per heavy atom. The number of hydrogen-bond donors (Lipinski definition) is 4. The molecule has 0 spiro atoms. The van der Waals surface area contributed by atoms with Gasteiger partial charge in [-0.3, -0.25) is 4.90 Å². The fraction of sp³-hybridized carbons (Fsp3) is 0.647. The van der Waals surface area contributed by atoms with Gasteiger partial charge in [-0.05, 0) is 24.5 Å². The third-order valence-electron chi connectivity index (χ3n) is 5.78. The van der Waals surface area contributed by atoms with Crippen LogP contribution in [0.15, 0.2) is 23.1 Å². The molecule has 162 valence electrons. The molecule has 29 heavy (non-hydrogen) atoms. The summed E-state index contributed by atoms with van der Waals surface area (Å²) >= 11 is 0. The minimum atomic E-state index is -4.28. The van der Waals surface area contributed by atoms with Crippen LogP contribution in [-0.4, -0.2) is 57.9 Å². The lowest BCUT2D eigenvalue weighted by Gasteiger charge is -2.35. The molecular weight excluding hydrogens is 409 g/mol. The van der Waals surface area contributed by atoms with Crippen molar-refractivity contribution in [1.29, 1.82) is 0 Å². The Kier molecular flexibility index (Phi) is 5.51. The van der Waals surface area contributed by atoms with Crippen molar-refractivity contribution in [2.24, 2.45) is 0 Å². The largest absolute Gasteiger partial charge is 0.405 e. The van der Waals surface area contributed by atoms with Crippen molar-refractivity contribution >= 4 is 15.7 Å². The van der Waals surface area contributed by atoms with Crippen molar-refractivity contribution < 1.29 is 21.6 Å². The standard InChI is InChI=1S/C17H25F3N6O2S/c1-25-16-11(10-21-25)3-2-4-13(16)29(27,28)24-12-5-7-26(8-6-12)15-9-14(22-23-15)17(18,19)20/h2-4,12,14-15,21-24H,5-10H2,1H3. The van der Waals surface area contributed by atoms with Gasteiger partial charge in [0.2, 0.25) is 10.0 Å². The van der Waals surface area contributed by atoms with Crippen LogP contribution in [0.2, 0.25) is 0 Å². The van der Waals surface area contributed by atoms with Crippen LogP contribution in [0.25, 0.3) is 0 Å². The lowest BCUT2D eigenvalue weighted by molar-refractivity contribution is -0.153. The Labute approximate surface area is 167 Å². The minimum Gasteiger partial charge on any atom is -0.309 e. The summed E-state index contributed by atoms with van der Waals surface area (Å²) in [5.41, 5.74) is 9.68. The first-order chi connectivity index (χ1) is 13.6. The van der Waals surface area contributed by atoms with E-state index in [4.69, 9.17) is 0 Å². The molecule has 3 heterocycles. The van der Waals surface area contributed by atoms with E-state index < -0.39 is 28.4 Å². The maximum absolute atomic E-state index is 13.0. The fourth-order valence-corrected chi connectivity index (χ4v) is 5.78. The third-order valence-corrected chi connectivity index (χ3v) is 7.34. The molecule has 0 saturated carbocycles. The number of hydrazine groups is 2. The van der Waals surface area contributed by atoms with Crippen LogP contribution in [0, 0.1) is 0 Å². The van der Waals surface area contributed by atoms with Crippen LogP contribution >= 0.6 is 0 Å².